The predicted molar refractivity (Wildman–Crippen MR) is 228 cm³/mol. The molecule has 302 valence electrons. The first-order chi connectivity index (χ1) is 26.1. The molecule has 0 bridgehead atoms. The largest absolute Gasteiger partial charge is 0.462 e. The first kappa shape index (κ1) is 50.1. The van der Waals surface area contributed by atoms with E-state index >= 15 is 0 Å². The van der Waals surface area contributed by atoms with E-state index in [-0.39, 0.29) is 25.2 Å². The van der Waals surface area contributed by atoms with Crippen molar-refractivity contribution in [2.24, 2.45) is 0 Å². The second kappa shape index (κ2) is 43.5. The van der Waals surface area contributed by atoms with E-state index in [9.17, 15) is 14.7 Å². The highest BCUT2D eigenvalue weighted by Crippen LogP contribution is 2.13. The lowest BCUT2D eigenvalue weighted by Crippen LogP contribution is -2.28. The molecular weight excluding hydrogens is 657 g/mol. The van der Waals surface area contributed by atoms with Crippen molar-refractivity contribution < 1.29 is 24.2 Å². The molecule has 5 heteroatoms. The lowest BCUT2D eigenvalue weighted by molar-refractivity contribution is -0.161. The van der Waals surface area contributed by atoms with Crippen molar-refractivity contribution in [1.82, 2.24) is 0 Å². The van der Waals surface area contributed by atoms with Gasteiger partial charge >= 0.3 is 11.9 Å². The zero-order valence-corrected chi connectivity index (χ0v) is 34.2. The molecule has 0 aliphatic carbocycles. The minimum atomic E-state index is -0.784. The summed E-state index contributed by atoms with van der Waals surface area (Å²) in [7, 11) is 0. The van der Waals surface area contributed by atoms with Gasteiger partial charge in [-0.1, -0.05) is 189 Å². The summed E-state index contributed by atoms with van der Waals surface area (Å²) in [6.07, 6.45) is 59.4. The molecule has 0 rings (SSSR count). The van der Waals surface area contributed by atoms with Crippen LogP contribution in [0.4, 0.5) is 0 Å². The van der Waals surface area contributed by atoms with Crippen LogP contribution in [0.25, 0.3) is 0 Å². The van der Waals surface area contributed by atoms with Crippen LogP contribution in [0.15, 0.2) is 85.1 Å². The van der Waals surface area contributed by atoms with Crippen molar-refractivity contribution >= 4 is 11.9 Å². The summed E-state index contributed by atoms with van der Waals surface area (Å²) in [4.78, 5) is 24.3. The minimum absolute atomic E-state index is 0.0764. The van der Waals surface area contributed by atoms with Gasteiger partial charge in [0.1, 0.15) is 6.61 Å². The molecule has 0 saturated heterocycles. The average molecular weight is 737 g/mol. The standard InChI is InChI=1S/C48H80O5/c1-3-5-7-9-11-13-15-17-18-19-20-21-22-23-24-25-26-27-28-29-30-31-33-35-37-39-41-43-48(51)53-46(44-49)45-52-47(50)42-40-38-36-34-32-16-14-12-10-8-6-4-2/h5,7,11,13,17-18,20-21,23-24,26-27,29-30,46,49H,3-4,6,8-10,12,14-16,19,22,25,28,31-45H2,1-2H3/b7-5-,13-11-,18-17-,21-20-,24-23-,27-26-,30-29-. The number of carbonyl (C=O) groups is 2. The van der Waals surface area contributed by atoms with Crippen LogP contribution in [-0.4, -0.2) is 36.4 Å². The smallest absolute Gasteiger partial charge is 0.306 e. The van der Waals surface area contributed by atoms with Crippen molar-refractivity contribution in [3.8, 4) is 0 Å². The van der Waals surface area contributed by atoms with Gasteiger partial charge in [-0.3, -0.25) is 9.59 Å². The van der Waals surface area contributed by atoms with E-state index in [1.807, 2.05) is 0 Å². The monoisotopic (exact) mass is 737 g/mol. The van der Waals surface area contributed by atoms with Gasteiger partial charge in [0.2, 0.25) is 0 Å². The Morgan fingerprint density at radius 3 is 1.23 bits per heavy atom. The van der Waals surface area contributed by atoms with Gasteiger partial charge in [-0.15, -0.1) is 0 Å². The fourth-order valence-electron chi connectivity index (χ4n) is 5.71. The fourth-order valence-corrected chi connectivity index (χ4v) is 5.71. The molecule has 0 spiro atoms. The van der Waals surface area contributed by atoms with Crippen molar-refractivity contribution in [2.75, 3.05) is 13.2 Å². The third-order valence-corrected chi connectivity index (χ3v) is 8.95. The highest BCUT2D eigenvalue weighted by atomic mass is 16.6. The molecule has 0 radical (unpaired) electrons. The number of allylic oxidation sites excluding steroid dienone is 14. The molecule has 0 aromatic carbocycles. The Balaban J connectivity index is 3.64. The van der Waals surface area contributed by atoms with Crippen molar-refractivity contribution in [2.45, 2.75) is 193 Å². The fraction of sp³-hybridized carbons (Fsp3) is 0.667. The first-order valence-electron chi connectivity index (χ1n) is 21.6. The summed E-state index contributed by atoms with van der Waals surface area (Å²) in [6, 6.07) is 0. The number of carbonyl (C=O) groups excluding carboxylic acids is 2. The lowest BCUT2D eigenvalue weighted by Gasteiger charge is -2.15. The van der Waals surface area contributed by atoms with E-state index in [0.29, 0.717) is 12.8 Å². The molecule has 0 amide bonds. The Morgan fingerprint density at radius 1 is 0.453 bits per heavy atom. The van der Waals surface area contributed by atoms with Gasteiger partial charge in [0.05, 0.1) is 6.61 Å². The molecule has 1 N–H and O–H groups in total. The van der Waals surface area contributed by atoms with E-state index in [4.69, 9.17) is 9.47 Å². The number of hydrogen-bond donors (Lipinski definition) is 1. The molecular formula is C48H80O5. The number of hydrogen-bond acceptors (Lipinski definition) is 5. The molecule has 0 aromatic heterocycles. The Labute approximate surface area is 326 Å². The maximum absolute atomic E-state index is 12.2. The van der Waals surface area contributed by atoms with E-state index in [2.05, 4.69) is 98.9 Å². The summed E-state index contributed by atoms with van der Waals surface area (Å²) >= 11 is 0. The number of esters is 2. The summed E-state index contributed by atoms with van der Waals surface area (Å²) in [5, 5.41) is 9.56. The third-order valence-electron chi connectivity index (χ3n) is 8.95. The van der Waals surface area contributed by atoms with Gasteiger partial charge in [-0.05, 0) is 70.6 Å². The molecule has 53 heavy (non-hydrogen) atoms. The Morgan fingerprint density at radius 2 is 0.811 bits per heavy atom. The molecule has 5 nitrogen and oxygen atoms in total. The van der Waals surface area contributed by atoms with Gasteiger partial charge in [-0.25, -0.2) is 0 Å². The van der Waals surface area contributed by atoms with Crippen LogP contribution in [0.5, 0.6) is 0 Å². The zero-order chi connectivity index (χ0) is 38.6. The van der Waals surface area contributed by atoms with Crippen LogP contribution >= 0.6 is 0 Å². The maximum Gasteiger partial charge on any atom is 0.306 e. The lowest BCUT2D eigenvalue weighted by atomic mass is 10.0. The highest BCUT2D eigenvalue weighted by Gasteiger charge is 2.16. The minimum Gasteiger partial charge on any atom is -0.462 e. The van der Waals surface area contributed by atoms with Crippen molar-refractivity contribution in [3.63, 3.8) is 0 Å². The molecule has 0 saturated carbocycles. The quantitative estimate of drug-likeness (QED) is 0.0388. The number of unbranched alkanes of at least 4 members (excludes halogenated alkanes) is 16. The first-order valence-corrected chi connectivity index (χ1v) is 21.6. The Bertz CT molecular complexity index is 1010. The van der Waals surface area contributed by atoms with E-state index in [0.717, 1.165) is 103 Å². The van der Waals surface area contributed by atoms with Crippen molar-refractivity contribution in [3.05, 3.63) is 85.1 Å². The van der Waals surface area contributed by atoms with E-state index < -0.39 is 6.10 Å². The van der Waals surface area contributed by atoms with Crippen LogP contribution in [-0.2, 0) is 19.1 Å². The summed E-state index contributed by atoms with van der Waals surface area (Å²) in [5.41, 5.74) is 0. The number of aliphatic hydroxyl groups is 1. The van der Waals surface area contributed by atoms with Crippen LogP contribution in [0.1, 0.15) is 187 Å². The molecule has 0 aromatic rings. The molecule has 0 aliphatic rings. The second-order valence-electron chi connectivity index (χ2n) is 14.0. The second-order valence-corrected chi connectivity index (χ2v) is 14.0. The van der Waals surface area contributed by atoms with Gasteiger partial charge in [-0.2, -0.15) is 0 Å². The average Bonchev–Trinajstić information content (AvgIpc) is 3.16. The van der Waals surface area contributed by atoms with Gasteiger partial charge < -0.3 is 14.6 Å². The van der Waals surface area contributed by atoms with Gasteiger partial charge in [0, 0.05) is 12.8 Å². The SMILES string of the molecule is CC/C=C\C/C=C\C/C=C\C/C=C\C/C=C\C/C=C\C/C=C\CCCCCCCC(=O)OC(CO)COC(=O)CCCCCCCCCCCCCC. The number of ether oxygens (including phenoxy) is 2. The van der Waals surface area contributed by atoms with Crippen LogP contribution in [0.2, 0.25) is 0 Å². The number of aliphatic hydroxyl groups excluding tert-OH is 1. The van der Waals surface area contributed by atoms with E-state index in [1.165, 1.54) is 57.8 Å². The highest BCUT2D eigenvalue weighted by molar-refractivity contribution is 5.70. The summed E-state index contributed by atoms with van der Waals surface area (Å²) in [5.74, 6) is -0.617. The topological polar surface area (TPSA) is 72.8 Å². The Kier molecular flexibility index (Phi) is 41.1. The molecule has 1 atom stereocenters. The maximum atomic E-state index is 12.2. The van der Waals surface area contributed by atoms with Gasteiger partial charge in [0.25, 0.3) is 0 Å². The number of rotatable bonds is 38. The molecule has 0 fully saturated rings. The molecule has 0 aliphatic heterocycles. The normalized spacial score (nSPS) is 13.0. The van der Waals surface area contributed by atoms with Crippen LogP contribution in [0, 0.1) is 0 Å². The summed E-state index contributed by atoms with van der Waals surface area (Å²) < 4.78 is 10.6. The van der Waals surface area contributed by atoms with E-state index in [1.54, 1.807) is 0 Å². The van der Waals surface area contributed by atoms with Gasteiger partial charge in [0.15, 0.2) is 6.10 Å². The molecule has 0 heterocycles. The zero-order valence-electron chi connectivity index (χ0n) is 34.2. The predicted octanol–water partition coefficient (Wildman–Crippen LogP) is 13.9. The van der Waals surface area contributed by atoms with Crippen molar-refractivity contribution in [1.29, 1.82) is 0 Å². The Hall–Kier alpha value is -2.92. The summed E-state index contributed by atoms with van der Waals surface area (Å²) in [6.45, 7) is 3.99. The van der Waals surface area contributed by atoms with Crippen LogP contribution < -0.4 is 0 Å². The third kappa shape index (κ3) is 41.7. The molecule has 1 unspecified atom stereocenters. The van der Waals surface area contributed by atoms with Crippen LogP contribution in [0.3, 0.4) is 0 Å².